The van der Waals surface area contributed by atoms with Gasteiger partial charge in [0.15, 0.2) is 0 Å². The summed E-state index contributed by atoms with van der Waals surface area (Å²) in [6.45, 7) is 18.0. The van der Waals surface area contributed by atoms with Crippen molar-refractivity contribution in [2.45, 2.75) is 118 Å². The largest absolute Gasteiger partial charge is 0.444 e. The molecule has 0 aromatic heterocycles. The van der Waals surface area contributed by atoms with Crippen molar-refractivity contribution in [3.8, 4) is 0 Å². The molecule has 0 saturated heterocycles. The molecule has 0 aliphatic heterocycles. The molecule has 36 heavy (non-hydrogen) atoms. The lowest BCUT2D eigenvalue weighted by atomic mass is 9.96. The van der Waals surface area contributed by atoms with Crippen molar-refractivity contribution in [2.24, 2.45) is 5.92 Å². The number of amides is 3. The smallest absolute Gasteiger partial charge is 0.408 e. The molecule has 2 N–H and O–H groups in total. The third kappa shape index (κ3) is 10.6. The molecule has 0 fully saturated rings. The van der Waals surface area contributed by atoms with Crippen LogP contribution in [0.15, 0.2) is 24.3 Å². The van der Waals surface area contributed by atoms with Gasteiger partial charge in [-0.05, 0) is 65.4 Å². The average molecular weight is 504 g/mol. The van der Waals surface area contributed by atoms with Crippen molar-refractivity contribution in [1.29, 1.82) is 0 Å². The van der Waals surface area contributed by atoms with Gasteiger partial charge in [-0.25, -0.2) is 4.79 Å². The highest BCUT2D eigenvalue weighted by Crippen LogP contribution is 2.27. The molecule has 1 aromatic carbocycles. The van der Waals surface area contributed by atoms with Gasteiger partial charge in [-0.15, -0.1) is 0 Å². The molecular formula is C29H49N3O4. The summed E-state index contributed by atoms with van der Waals surface area (Å²) in [7, 11) is 0. The number of unbranched alkanes of at least 4 members (excludes halogenated alkanes) is 2. The molecule has 1 rings (SSSR count). The number of aryl methyl sites for hydroxylation is 1. The number of carbonyl (C=O) groups is 3. The van der Waals surface area contributed by atoms with Gasteiger partial charge >= 0.3 is 6.09 Å². The molecular weight excluding hydrogens is 454 g/mol. The van der Waals surface area contributed by atoms with Gasteiger partial charge in [0, 0.05) is 12.6 Å². The molecule has 0 aliphatic carbocycles. The molecule has 3 amide bonds. The molecule has 0 spiro atoms. The van der Waals surface area contributed by atoms with Gasteiger partial charge in [-0.2, -0.15) is 0 Å². The number of hydrogen-bond donors (Lipinski definition) is 2. The maximum Gasteiger partial charge on any atom is 0.408 e. The van der Waals surface area contributed by atoms with Crippen LogP contribution < -0.4 is 10.6 Å². The lowest BCUT2D eigenvalue weighted by Gasteiger charge is -2.38. The third-order valence-electron chi connectivity index (χ3n) is 6.02. The summed E-state index contributed by atoms with van der Waals surface area (Å²) in [5.41, 5.74) is 1.14. The van der Waals surface area contributed by atoms with E-state index in [-0.39, 0.29) is 23.8 Å². The van der Waals surface area contributed by atoms with Crippen molar-refractivity contribution in [2.75, 3.05) is 6.54 Å². The van der Waals surface area contributed by atoms with Crippen molar-refractivity contribution >= 4 is 17.9 Å². The average Bonchev–Trinajstić information content (AvgIpc) is 2.78. The maximum absolute atomic E-state index is 14.1. The fourth-order valence-electron chi connectivity index (χ4n) is 3.99. The SMILES string of the molecule is CCCCCNC(=O)C(c1ccc(C)cc1)N(C(=O)C(CC(C)C)NC(=O)OC(C)(C)C)C(C)CC. The van der Waals surface area contributed by atoms with Gasteiger partial charge in [0.05, 0.1) is 0 Å². The predicted molar refractivity (Wildman–Crippen MR) is 146 cm³/mol. The van der Waals surface area contributed by atoms with Crippen molar-refractivity contribution < 1.29 is 19.1 Å². The van der Waals surface area contributed by atoms with E-state index in [0.29, 0.717) is 19.4 Å². The first-order valence-electron chi connectivity index (χ1n) is 13.5. The maximum atomic E-state index is 14.1. The lowest BCUT2D eigenvalue weighted by molar-refractivity contribution is -0.145. The number of nitrogens with zero attached hydrogens (tertiary/aromatic N) is 1. The van der Waals surface area contributed by atoms with Crippen molar-refractivity contribution in [3.05, 3.63) is 35.4 Å². The molecule has 3 atom stereocenters. The number of hydrogen-bond acceptors (Lipinski definition) is 4. The van der Waals surface area contributed by atoms with E-state index in [2.05, 4.69) is 17.6 Å². The fourth-order valence-corrected chi connectivity index (χ4v) is 3.99. The first kappa shape index (κ1) is 31.5. The minimum absolute atomic E-state index is 0.147. The van der Waals surface area contributed by atoms with Gasteiger partial charge < -0.3 is 20.3 Å². The Kier molecular flexibility index (Phi) is 13.0. The van der Waals surface area contributed by atoms with E-state index >= 15 is 0 Å². The number of nitrogens with one attached hydrogen (secondary N) is 2. The van der Waals surface area contributed by atoms with E-state index < -0.39 is 23.8 Å². The molecule has 0 aliphatic rings. The highest BCUT2D eigenvalue weighted by molar-refractivity contribution is 5.92. The number of rotatable bonds is 13. The summed E-state index contributed by atoms with van der Waals surface area (Å²) >= 11 is 0. The molecule has 7 nitrogen and oxygen atoms in total. The highest BCUT2D eigenvalue weighted by atomic mass is 16.6. The Morgan fingerprint density at radius 3 is 2.11 bits per heavy atom. The number of benzene rings is 1. The molecule has 1 aromatic rings. The van der Waals surface area contributed by atoms with Crippen LogP contribution in [0.5, 0.6) is 0 Å². The first-order valence-corrected chi connectivity index (χ1v) is 13.5. The van der Waals surface area contributed by atoms with Crippen LogP contribution >= 0.6 is 0 Å². The molecule has 0 radical (unpaired) electrons. The summed E-state index contributed by atoms with van der Waals surface area (Å²) in [6, 6.07) is 5.90. The topological polar surface area (TPSA) is 87.7 Å². The van der Waals surface area contributed by atoms with Gasteiger partial charge in [0.1, 0.15) is 17.7 Å². The van der Waals surface area contributed by atoms with Crippen LogP contribution in [0.4, 0.5) is 4.79 Å². The minimum Gasteiger partial charge on any atom is -0.444 e. The van der Waals surface area contributed by atoms with Crippen LogP contribution in [0.3, 0.4) is 0 Å². The number of alkyl carbamates (subject to hydrolysis) is 1. The van der Waals surface area contributed by atoms with Crippen LogP contribution in [-0.4, -0.2) is 47.0 Å². The normalized spacial score (nSPS) is 14.1. The Bertz CT molecular complexity index is 830. The number of ether oxygens (including phenoxy) is 1. The third-order valence-corrected chi connectivity index (χ3v) is 6.02. The minimum atomic E-state index is -0.810. The van der Waals surface area contributed by atoms with Crippen LogP contribution in [0.25, 0.3) is 0 Å². The summed E-state index contributed by atoms with van der Waals surface area (Å²) < 4.78 is 5.45. The van der Waals surface area contributed by atoms with E-state index in [1.54, 1.807) is 25.7 Å². The molecule has 204 valence electrons. The molecule has 3 unspecified atom stereocenters. The molecule has 7 heteroatoms. The second kappa shape index (κ2) is 14.9. The lowest BCUT2D eigenvalue weighted by Crippen LogP contribution is -2.55. The summed E-state index contributed by atoms with van der Waals surface area (Å²) in [6.07, 6.45) is 3.43. The van der Waals surface area contributed by atoms with Crippen LogP contribution in [0.2, 0.25) is 0 Å². The fraction of sp³-hybridized carbons (Fsp3) is 0.690. The molecule has 0 bridgehead atoms. The Hall–Kier alpha value is -2.57. The van der Waals surface area contributed by atoms with E-state index in [4.69, 9.17) is 4.74 Å². The summed E-state index contributed by atoms with van der Waals surface area (Å²) in [5.74, 6) is -0.337. The standard InChI is InChI=1S/C29H49N3O4/c1-10-12-13-18-30-26(33)25(23-16-14-21(5)15-17-23)32(22(6)11-2)27(34)24(19-20(3)4)31-28(35)36-29(7,8)9/h14-17,20,22,24-25H,10-13,18-19H2,1-9H3,(H,30,33)(H,31,35). The second-order valence-corrected chi connectivity index (χ2v) is 11.1. The second-order valence-electron chi connectivity index (χ2n) is 11.1. The zero-order valence-electron chi connectivity index (χ0n) is 23.9. The monoisotopic (exact) mass is 503 g/mol. The van der Waals surface area contributed by atoms with Crippen LogP contribution in [0, 0.1) is 12.8 Å². The quantitative estimate of drug-likeness (QED) is 0.328. The zero-order valence-corrected chi connectivity index (χ0v) is 23.9. The van der Waals surface area contributed by atoms with Crippen molar-refractivity contribution in [3.63, 3.8) is 0 Å². The van der Waals surface area contributed by atoms with Gasteiger partial charge in [-0.3, -0.25) is 9.59 Å². The first-order chi connectivity index (χ1) is 16.8. The van der Waals surface area contributed by atoms with E-state index in [9.17, 15) is 14.4 Å². The number of carbonyl (C=O) groups excluding carboxylic acids is 3. The van der Waals surface area contributed by atoms with Crippen LogP contribution in [0.1, 0.15) is 105 Å². The Morgan fingerprint density at radius 1 is 1.00 bits per heavy atom. The predicted octanol–water partition coefficient (Wildman–Crippen LogP) is 5.91. The molecule has 0 heterocycles. The zero-order chi connectivity index (χ0) is 27.5. The molecule has 0 saturated carbocycles. The van der Waals surface area contributed by atoms with Crippen LogP contribution in [-0.2, 0) is 14.3 Å². The highest BCUT2D eigenvalue weighted by Gasteiger charge is 2.38. The Balaban J connectivity index is 3.43. The summed E-state index contributed by atoms with van der Waals surface area (Å²) in [5, 5.41) is 5.85. The van der Waals surface area contributed by atoms with Gasteiger partial charge in [-0.1, -0.05) is 70.4 Å². The van der Waals surface area contributed by atoms with Gasteiger partial charge in [0.25, 0.3) is 0 Å². The van der Waals surface area contributed by atoms with Gasteiger partial charge in [0.2, 0.25) is 11.8 Å². The Labute approximate surface area is 218 Å². The summed E-state index contributed by atoms with van der Waals surface area (Å²) in [4.78, 5) is 42.0. The van der Waals surface area contributed by atoms with E-state index in [1.807, 2.05) is 58.9 Å². The Morgan fingerprint density at radius 2 is 1.61 bits per heavy atom. The van der Waals surface area contributed by atoms with Crippen molar-refractivity contribution in [1.82, 2.24) is 15.5 Å². The van der Waals surface area contributed by atoms with E-state index in [0.717, 1.165) is 30.4 Å². The van der Waals surface area contributed by atoms with E-state index in [1.165, 1.54) is 0 Å².